The molecule has 0 aromatic heterocycles. The van der Waals surface area contributed by atoms with Gasteiger partial charge in [-0.15, -0.1) is 0 Å². The molecule has 3 heteroatoms. The summed E-state index contributed by atoms with van der Waals surface area (Å²) < 4.78 is 17.6. The van der Waals surface area contributed by atoms with Crippen LogP contribution in [0.25, 0.3) is 6.08 Å². The Morgan fingerprint density at radius 3 is 2.44 bits per heavy atom. The Morgan fingerprint density at radius 2 is 1.80 bits per heavy atom. The Kier molecular flexibility index (Phi) is 5.13. The van der Waals surface area contributed by atoms with Crippen LogP contribution in [-0.2, 0) is 6.42 Å². The first-order valence-electron chi connectivity index (χ1n) is 8.45. The Labute approximate surface area is 149 Å². The first kappa shape index (κ1) is 17.2. The second-order valence-corrected chi connectivity index (χ2v) is 6.30. The molecule has 2 aromatic carbocycles. The predicted octanol–water partition coefficient (Wildman–Crippen LogP) is 5.36. The molecule has 1 atom stereocenters. The minimum Gasteiger partial charge on any atom is -0.496 e. The van der Waals surface area contributed by atoms with Crippen molar-refractivity contribution in [2.45, 2.75) is 26.4 Å². The highest BCUT2D eigenvalue weighted by Crippen LogP contribution is 2.45. The minimum atomic E-state index is -0.115. The van der Waals surface area contributed by atoms with Crippen molar-refractivity contribution in [3.8, 4) is 17.2 Å². The van der Waals surface area contributed by atoms with Gasteiger partial charge in [-0.25, -0.2) is 0 Å². The summed E-state index contributed by atoms with van der Waals surface area (Å²) in [5.74, 6) is 2.39. The van der Waals surface area contributed by atoms with Gasteiger partial charge in [0, 0.05) is 11.6 Å². The monoisotopic (exact) mass is 336 g/mol. The third-order valence-corrected chi connectivity index (χ3v) is 4.31. The van der Waals surface area contributed by atoms with Gasteiger partial charge in [0.25, 0.3) is 0 Å². The summed E-state index contributed by atoms with van der Waals surface area (Å²) >= 11 is 0. The molecule has 0 bridgehead atoms. The lowest BCUT2D eigenvalue weighted by molar-refractivity contribution is 0.245. The summed E-state index contributed by atoms with van der Waals surface area (Å²) in [5, 5.41) is 0. The molecular weight excluding hydrogens is 312 g/mol. The average molecular weight is 336 g/mol. The van der Waals surface area contributed by atoms with E-state index >= 15 is 0 Å². The van der Waals surface area contributed by atoms with Gasteiger partial charge in [0.1, 0.15) is 23.4 Å². The van der Waals surface area contributed by atoms with Gasteiger partial charge < -0.3 is 14.2 Å². The van der Waals surface area contributed by atoms with E-state index in [0.29, 0.717) is 0 Å². The van der Waals surface area contributed by atoms with Crippen molar-refractivity contribution in [3.05, 3.63) is 70.8 Å². The molecular formula is C22H24O3. The lowest BCUT2D eigenvalue weighted by Gasteiger charge is -2.26. The highest BCUT2D eigenvalue weighted by Gasteiger charge is 2.25. The average Bonchev–Trinajstić information content (AvgIpc) is 2.65. The van der Waals surface area contributed by atoms with Crippen LogP contribution in [0.15, 0.2) is 54.1 Å². The van der Waals surface area contributed by atoms with E-state index in [4.69, 9.17) is 14.2 Å². The number of ether oxygens (including phenoxy) is 3. The number of benzene rings is 2. The van der Waals surface area contributed by atoms with Crippen LogP contribution in [0.5, 0.6) is 17.2 Å². The van der Waals surface area contributed by atoms with Crippen LogP contribution in [0.2, 0.25) is 0 Å². The predicted molar refractivity (Wildman–Crippen MR) is 102 cm³/mol. The van der Waals surface area contributed by atoms with Gasteiger partial charge >= 0.3 is 0 Å². The van der Waals surface area contributed by atoms with Gasteiger partial charge in [0.05, 0.1) is 19.8 Å². The molecule has 0 saturated carbocycles. The smallest absolute Gasteiger partial charge is 0.142 e. The lowest BCUT2D eigenvalue weighted by atomic mass is 9.98. The van der Waals surface area contributed by atoms with Crippen molar-refractivity contribution < 1.29 is 14.2 Å². The standard InChI is InChI=1S/C22H24O3/c1-15(2)10-11-17-20(23-3)14-21(24-4)18-12-13-19(25-22(17)18)16-8-6-5-7-9-16/h5-10,12-14,19H,11H2,1-4H3/t19-/m0/s1. The number of methoxy groups -OCH3 is 2. The van der Waals surface area contributed by atoms with Gasteiger partial charge in [-0.05, 0) is 38.0 Å². The van der Waals surface area contributed by atoms with Gasteiger partial charge in [0.15, 0.2) is 0 Å². The van der Waals surface area contributed by atoms with E-state index < -0.39 is 0 Å². The summed E-state index contributed by atoms with van der Waals surface area (Å²) in [6.07, 6.45) is 6.98. The lowest BCUT2D eigenvalue weighted by Crippen LogP contribution is -2.12. The highest BCUT2D eigenvalue weighted by molar-refractivity contribution is 5.72. The summed E-state index contributed by atoms with van der Waals surface area (Å²) in [4.78, 5) is 0. The second kappa shape index (κ2) is 7.47. The Balaban J connectivity index is 2.09. The molecule has 0 unspecified atom stereocenters. The van der Waals surface area contributed by atoms with Crippen molar-refractivity contribution in [2.24, 2.45) is 0 Å². The molecule has 0 aliphatic carbocycles. The Bertz CT molecular complexity index is 800. The maximum atomic E-state index is 6.39. The molecule has 1 heterocycles. The molecule has 3 rings (SSSR count). The highest BCUT2D eigenvalue weighted by atomic mass is 16.5. The molecule has 0 saturated heterocycles. The molecule has 0 N–H and O–H groups in total. The fourth-order valence-electron chi connectivity index (χ4n) is 2.98. The Hall–Kier alpha value is -2.68. The summed E-state index contributed by atoms with van der Waals surface area (Å²) in [6.45, 7) is 4.19. The van der Waals surface area contributed by atoms with E-state index in [-0.39, 0.29) is 6.10 Å². The maximum Gasteiger partial charge on any atom is 0.142 e. The zero-order chi connectivity index (χ0) is 17.8. The first-order valence-corrected chi connectivity index (χ1v) is 8.45. The third-order valence-electron chi connectivity index (χ3n) is 4.31. The van der Waals surface area contributed by atoms with Crippen LogP contribution in [0, 0.1) is 0 Å². The molecule has 25 heavy (non-hydrogen) atoms. The van der Waals surface area contributed by atoms with Crippen molar-refractivity contribution in [3.63, 3.8) is 0 Å². The largest absolute Gasteiger partial charge is 0.496 e. The SMILES string of the molecule is COc1cc(OC)c(CC=C(C)C)c2c1C=C[C@@H](c1ccccc1)O2. The van der Waals surface area contributed by atoms with Gasteiger partial charge in [-0.2, -0.15) is 0 Å². The van der Waals surface area contributed by atoms with Crippen molar-refractivity contribution >= 4 is 6.08 Å². The molecule has 3 nitrogen and oxygen atoms in total. The number of hydrogen-bond acceptors (Lipinski definition) is 3. The van der Waals surface area contributed by atoms with E-state index in [2.05, 4.69) is 44.2 Å². The second-order valence-electron chi connectivity index (χ2n) is 6.30. The third kappa shape index (κ3) is 3.55. The van der Waals surface area contributed by atoms with Crippen LogP contribution in [0.1, 0.15) is 36.6 Å². The summed E-state index contributed by atoms with van der Waals surface area (Å²) in [5.41, 5.74) is 4.40. The fourth-order valence-corrected chi connectivity index (χ4v) is 2.98. The van der Waals surface area contributed by atoms with Gasteiger partial charge in [-0.3, -0.25) is 0 Å². The molecule has 130 valence electrons. The zero-order valence-electron chi connectivity index (χ0n) is 15.2. The summed E-state index contributed by atoms with van der Waals surface area (Å²) in [7, 11) is 3.35. The topological polar surface area (TPSA) is 27.7 Å². The molecule has 0 fully saturated rings. The van der Waals surface area contributed by atoms with Crippen molar-refractivity contribution in [2.75, 3.05) is 14.2 Å². The van der Waals surface area contributed by atoms with Crippen LogP contribution in [0.3, 0.4) is 0 Å². The fraction of sp³-hybridized carbons (Fsp3) is 0.273. The van der Waals surface area contributed by atoms with Crippen LogP contribution >= 0.6 is 0 Å². The van der Waals surface area contributed by atoms with E-state index in [9.17, 15) is 0 Å². The number of hydrogen-bond donors (Lipinski definition) is 0. The Morgan fingerprint density at radius 1 is 1.08 bits per heavy atom. The summed E-state index contributed by atoms with van der Waals surface area (Å²) in [6, 6.07) is 12.1. The van der Waals surface area contributed by atoms with E-state index in [1.807, 2.05) is 24.3 Å². The van der Waals surface area contributed by atoms with Crippen molar-refractivity contribution in [1.82, 2.24) is 0 Å². The van der Waals surface area contributed by atoms with Gasteiger partial charge in [0.2, 0.25) is 0 Å². The normalized spacial score (nSPS) is 15.1. The molecule has 0 radical (unpaired) electrons. The molecule has 0 spiro atoms. The van der Waals surface area contributed by atoms with E-state index in [0.717, 1.165) is 40.4 Å². The number of fused-ring (bicyclic) bond motifs is 1. The van der Waals surface area contributed by atoms with E-state index in [1.54, 1.807) is 14.2 Å². The van der Waals surface area contributed by atoms with Crippen LogP contribution in [-0.4, -0.2) is 14.2 Å². The molecule has 0 amide bonds. The van der Waals surface area contributed by atoms with Crippen LogP contribution < -0.4 is 14.2 Å². The molecule has 2 aromatic rings. The van der Waals surface area contributed by atoms with E-state index in [1.165, 1.54) is 5.57 Å². The number of rotatable bonds is 5. The first-order chi connectivity index (χ1) is 12.1. The minimum absolute atomic E-state index is 0.115. The maximum absolute atomic E-state index is 6.39. The van der Waals surface area contributed by atoms with Crippen molar-refractivity contribution in [1.29, 1.82) is 0 Å². The quantitative estimate of drug-likeness (QED) is 0.688. The van der Waals surface area contributed by atoms with Gasteiger partial charge in [-0.1, -0.05) is 42.0 Å². The number of allylic oxidation sites excluding steroid dienone is 2. The molecule has 1 aliphatic rings. The zero-order valence-corrected chi connectivity index (χ0v) is 15.2. The molecule has 1 aliphatic heterocycles. The van der Waals surface area contributed by atoms with Crippen LogP contribution in [0.4, 0.5) is 0 Å².